The van der Waals surface area contributed by atoms with Crippen LogP contribution in [0.3, 0.4) is 0 Å². The Kier molecular flexibility index (Phi) is 2.94. The summed E-state index contributed by atoms with van der Waals surface area (Å²) in [6.45, 7) is 5.25. The van der Waals surface area contributed by atoms with E-state index in [2.05, 4.69) is 29.1 Å². The van der Waals surface area contributed by atoms with Crippen molar-refractivity contribution in [2.24, 2.45) is 0 Å². The van der Waals surface area contributed by atoms with Crippen molar-refractivity contribution >= 4 is 6.03 Å². The second-order valence-corrected chi connectivity index (χ2v) is 3.85. The molecule has 0 radical (unpaired) electrons. The third kappa shape index (κ3) is 2.14. The lowest BCUT2D eigenvalue weighted by molar-refractivity contribution is 0.183. The van der Waals surface area contributed by atoms with Crippen LogP contribution in [0.2, 0.25) is 0 Å². The molecule has 4 nitrogen and oxygen atoms in total. The first-order valence-electron chi connectivity index (χ1n) is 5.48. The van der Waals surface area contributed by atoms with Gasteiger partial charge >= 0.3 is 6.03 Å². The van der Waals surface area contributed by atoms with Crippen molar-refractivity contribution in [2.45, 2.75) is 26.4 Å². The third-order valence-corrected chi connectivity index (χ3v) is 2.70. The Morgan fingerprint density at radius 2 is 2.40 bits per heavy atom. The van der Waals surface area contributed by atoms with Crippen LogP contribution in [0.15, 0.2) is 18.3 Å². The number of aromatic nitrogens is 1. The number of amides is 2. The second kappa shape index (κ2) is 4.38. The number of rotatable bonds is 2. The van der Waals surface area contributed by atoms with Crippen molar-refractivity contribution in [3.63, 3.8) is 0 Å². The minimum absolute atomic E-state index is 0.0595. The Hall–Kier alpha value is -1.45. The Bertz CT molecular complexity index is 345. The molecule has 2 heterocycles. The van der Waals surface area contributed by atoms with Crippen molar-refractivity contribution in [3.8, 4) is 0 Å². The molecule has 0 spiro atoms. The van der Waals surface area contributed by atoms with E-state index in [1.807, 2.05) is 11.0 Å². The van der Waals surface area contributed by atoms with Gasteiger partial charge in [0.15, 0.2) is 0 Å². The summed E-state index contributed by atoms with van der Waals surface area (Å²) < 4.78 is 2.20. The highest BCUT2D eigenvalue weighted by Crippen LogP contribution is 2.12. The smallest absolute Gasteiger partial charge is 0.317 e. The molecular weight excluding hydrogens is 190 g/mol. The molecule has 0 bridgehead atoms. The Morgan fingerprint density at radius 1 is 1.53 bits per heavy atom. The maximum Gasteiger partial charge on any atom is 0.317 e. The molecule has 0 atom stereocenters. The molecule has 2 amide bonds. The first-order chi connectivity index (χ1) is 7.31. The minimum Gasteiger partial charge on any atom is -0.348 e. The van der Waals surface area contributed by atoms with Crippen LogP contribution in [-0.2, 0) is 13.1 Å². The van der Waals surface area contributed by atoms with Crippen LogP contribution >= 0.6 is 0 Å². The van der Waals surface area contributed by atoms with Crippen molar-refractivity contribution in [1.29, 1.82) is 0 Å². The average Bonchev–Trinajstić information content (AvgIpc) is 2.72. The van der Waals surface area contributed by atoms with Crippen molar-refractivity contribution in [3.05, 3.63) is 24.0 Å². The third-order valence-electron chi connectivity index (χ3n) is 2.70. The fourth-order valence-electron chi connectivity index (χ4n) is 1.83. The van der Waals surface area contributed by atoms with Gasteiger partial charge in [0, 0.05) is 31.5 Å². The van der Waals surface area contributed by atoms with E-state index in [0.717, 1.165) is 32.6 Å². The van der Waals surface area contributed by atoms with Gasteiger partial charge in [0.2, 0.25) is 0 Å². The topological polar surface area (TPSA) is 37.3 Å². The highest BCUT2D eigenvalue weighted by atomic mass is 16.2. The Morgan fingerprint density at radius 3 is 3.20 bits per heavy atom. The van der Waals surface area contributed by atoms with Crippen molar-refractivity contribution < 1.29 is 4.79 Å². The van der Waals surface area contributed by atoms with Crippen molar-refractivity contribution in [2.75, 3.05) is 13.1 Å². The van der Waals surface area contributed by atoms with Crippen LogP contribution in [0.1, 0.15) is 19.0 Å². The number of carbonyl (C=O) groups is 1. The summed E-state index contributed by atoms with van der Waals surface area (Å²) in [6.07, 6.45) is 3.05. The summed E-state index contributed by atoms with van der Waals surface area (Å²) in [6, 6.07) is 4.16. The molecule has 0 fully saturated rings. The van der Waals surface area contributed by atoms with Gasteiger partial charge in [0.25, 0.3) is 0 Å². The first-order valence-corrected chi connectivity index (χ1v) is 5.48. The van der Waals surface area contributed by atoms with Crippen LogP contribution < -0.4 is 5.32 Å². The Balaban J connectivity index is 1.94. The number of hydrogen-bond acceptors (Lipinski definition) is 1. The molecule has 1 aromatic heterocycles. The molecule has 0 saturated heterocycles. The highest BCUT2D eigenvalue weighted by Gasteiger charge is 2.19. The van der Waals surface area contributed by atoms with E-state index < -0.39 is 0 Å². The van der Waals surface area contributed by atoms with Gasteiger partial charge in [0.1, 0.15) is 0 Å². The molecule has 82 valence electrons. The van der Waals surface area contributed by atoms with Gasteiger partial charge in [-0.2, -0.15) is 0 Å². The number of carbonyl (C=O) groups excluding carboxylic acids is 1. The number of fused-ring (bicyclic) bond motifs is 1. The van der Waals surface area contributed by atoms with Gasteiger partial charge in [-0.25, -0.2) is 4.79 Å². The van der Waals surface area contributed by atoms with E-state index in [9.17, 15) is 4.79 Å². The average molecular weight is 207 g/mol. The molecule has 1 aliphatic rings. The SMILES string of the molecule is CCCNC(=O)N1CCn2cccc2C1. The molecule has 1 aromatic rings. The lowest BCUT2D eigenvalue weighted by atomic mass is 10.3. The van der Waals surface area contributed by atoms with E-state index in [0.29, 0.717) is 0 Å². The lowest BCUT2D eigenvalue weighted by Gasteiger charge is -2.28. The fourth-order valence-corrected chi connectivity index (χ4v) is 1.83. The maximum atomic E-state index is 11.7. The van der Waals surface area contributed by atoms with Crippen molar-refractivity contribution in [1.82, 2.24) is 14.8 Å². The van der Waals surface area contributed by atoms with Crippen LogP contribution in [-0.4, -0.2) is 28.6 Å². The predicted molar refractivity (Wildman–Crippen MR) is 58.5 cm³/mol. The molecule has 0 aliphatic carbocycles. The highest BCUT2D eigenvalue weighted by molar-refractivity contribution is 5.74. The zero-order valence-corrected chi connectivity index (χ0v) is 9.07. The molecule has 1 N–H and O–H groups in total. The molecule has 0 saturated carbocycles. The molecule has 1 aliphatic heterocycles. The summed E-state index contributed by atoms with van der Waals surface area (Å²) >= 11 is 0. The largest absolute Gasteiger partial charge is 0.348 e. The summed E-state index contributed by atoms with van der Waals surface area (Å²) in [5.41, 5.74) is 1.22. The molecule has 4 heteroatoms. The van der Waals surface area contributed by atoms with E-state index >= 15 is 0 Å². The number of hydrogen-bond donors (Lipinski definition) is 1. The summed E-state index contributed by atoms with van der Waals surface area (Å²) in [5, 5.41) is 2.90. The fraction of sp³-hybridized carbons (Fsp3) is 0.545. The number of nitrogens with zero attached hydrogens (tertiary/aromatic N) is 2. The molecule has 15 heavy (non-hydrogen) atoms. The zero-order chi connectivity index (χ0) is 10.7. The number of urea groups is 1. The zero-order valence-electron chi connectivity index (χ0n) is 9.07. The maximum absolute atomic E-state index is 11.7. The number of nitrogens with one attached hydrogen (secondary N) is 1. The normalized spacial score (nSPS) is 14.9. The van der Waals surface area contributed by atoms with Crippen LogP contribution in [0, 0.1) is 0 Å². The van der Waals surface area contributed by atoms with Gasteiger partial charge in [-0.3, -0.25) is 0 Å². The van der Waals surface area contributed by atoms with Gasteiger partial charge in [-0.15, -0.1) is 0 Å². The van der Waals surface area contributed by atoms with Gasteiger partial charge in [-0.1, -0.05) is 6.92 Å². The quantitative estimate of drug-likeness (QED) is 0.782. The van der Waals surface area contributed by atoms with E-state index in [-0.39, 0.29) is 6.03 Å². The van der Waals surface area contributed by atoms with Crippen LogP contribution in [0.5, 0.6) is 0 Å². The van der Waals surface area contributed by atoms with Gasteiger partial charge in [0.05, 0.1) is 6.54 Å². The molecule has 0 unspecified atom stereocenters. The van der Waals surface area contributed by atoms with Crippen LogP contribution in [0.4, 0.5) is 4.79 Å². The van der Waals surface area contributed by atoms with Gasteiger partial charge in [-0.05, 0) is 18.6 Å². The summed E-state index contributed by atoms with van der Waals surface area (Å²) in [5.74, 6) is 0. The molecular formula is C11H17N3O. The summed E-state index contributed by atoms with van der Waals surface area (Å²) in [7, 11) is 0. The van der Waals surface area contributed by atoms with E-state index in [4.69, 9.17) is 0 Å². The molecule has 0 aromatic carbocycles. The minimum atomic E-state index is 0.0595. The second-order valence-electron chi connectivity index (χ2n) is 3.85. The van der Waals surface area contributed by atoms with E-state index in [1.54, 1.807) is 0 Å². The standard InChI is InChI=1S/C11H17N3O/c1-2-5-12-11(15)14-8-7-13-6-3-4-10(13)9-14/h3-4,6H,2,5,7-9H2,1H3,(H,12,15). The molecule has 2 rings (SSSR count). The first kappa shape index (κ1) is 10.1. The summed E-state index contributed by atoms with van der Waals surface area (Å²) in [4.78, 5) is 13.6. The van der Waals surface area contributed by atoms with Crippen LogP contribution in [0.25, 0.3) is 0 Å². The monoisotopic (exact) mass is 207 g/mol. The van der Waals surface area contributed by atoms with Gasteiger partial charge < -0.3 is 14.8 Å². The Labute approximate surface area is 89.9 Å². The lowest BCUT2D eigenvalue weighted by Crippen LogP contribution is -2.44. The van der Waals surface area contributed by atoms with E-state index in [1.165, 1.54) is 5.69 Å². The predicted octanol–water partition coefficient (Wildman–Crippen LogP) is 1.42.